The highest BCUT2D eigenvalue weighted by atomic mass is 32.2. The lowest BCUT2D eigenvalue weighted by Gasteiger charge is -2.27. The first kappa shape index (κ1) is 59.9. The van der Waals surface area contributed by atoms with Crippen molar-refractivity contribution < 1.29 is 79.4 Å². The molecular weight excluding hydrogens is 1010 g/mol. The van der Waals surface area contributed by atoms with Crippen LogP contribution in [0.25, 0.3) is 0 Å². The molecule has 14 N–H and O–H groups in total. The molecule has 74 heavy (non-hydrogen) atoms. The number of halogens is 3. The van der Waals surface area contributed by atoms with Crippen LogP contribution >= 0.6 is 0 Å². The molecule has 1 fully saturated rings. The highest BCUT2D eigenvalue weighted by Crippen LogP contribution is 2.17. The normalized spacial score (nSPS) is 17.9. The molecule has 2 heterocycles. The molecule has 0 radical (unpaired) electrons. The number of aromatic nitrogens is 1. The number of anilines is 1. The summed E-state index contributed by atoms with van der Waals surface area (Å²) in [7, 11) is -4.45. The lowest BCUT2D eigenvalue weighted by molar-refractivity contribution is -0.192. The van der Waals surface area contributed by atoms with Crippen LogP contribution in [0.1, 0.15) is 61.0 Å². The number of benzene rings is 2. The summed E-state index contributed by atoms with van der Waals surface area (Å²) in [5, 5.41) is 35.8. The number of carboxylic acid groups (broad SMARTS) is 2. The van der Waals surface area contributed by atoms with E-state index in [1.54, 1.807) is 44.2 Å². The number of rotatable bonds is 19. The molecule has 402 valence electrons. The Bertz CT molecular complexity index is 2640. The molecule has 1 aliphatic heterocycles. The second-order valence-electron chi connectivity index (χ2n) is 16.2. The Balaban J connectivity index is 0.00000192. The topological polar surface area (TPSA) is 414 Å². The maximum Gasteiger partial charge on any atom is 0.490 e. The average Bonchev–Trinajstić information content (AvgIpc) is 3.32. The van der Waals surface area contributed by atoms with E-state index in [2.05, 4.69) is 52.4 Å². The predicted molar refractivity (Wildman–Crippen MR) is 256 cm³/mol. The van der Waals surface area contributed by atoms with Crippen LogP contribution in [0.15, 0.2) is 81.8 Å². The summed E-state index contributed by atoms with van der Waals surface area (Å²) < 4.78 is 70.1. The minimum absolute atomic E-state index is 0.0473. The second kappa shape index (κ2) is 28.6. The summed E-state index contributed by atoms with van der Waals surface area (Å²) in [4.78, 5) is 108. The third-order valence-corrected chi connectivity index (χ3v) is 10.9. The Morgan fingerprint density at radius 3 is 2.12 bits per heavy atom. The van der Waals surface area contributed by atoms with Crippen LogP contribution in [0.3, 0.4) is 0 Å². The van der Waals surface area contributed by atoms with Gasteiger partial charge in [0.25, 0.3) is 16.0 Å². The van der Waals surface area contributed by atoms with E-state index in [0.717, 1.165) is 0 Å². The number of alkyl halides is 3. The molecule has 4 rings (SSSR count). The van der Waals surface area contributed by atoms with E-state index < -0.39 is 107 Å². The summed E-state index contributed by atoms with van der Waals surface area (Å²) in [5.74, 6) is -8.72. The fraction of sp³-hybridized carbons (Fsp3) is 0.386. The first-order chi connectivity index (χ1) is 34.7. The quantitative estimate of drug-likeness (QED) is 0.0234. The Kier molecular flexibility index (Phi) is 23.1. The minimum Gasteiger partial charge on any atom is -0.494 e. The van der Waals surface area contributed by atoms with Gasteiger partial charge < -0.3 is 58.3 Å². The van der Waals surface area contributed by atoms with Gasteiger partial charge in [0.05, 0.1) is 31.4 Å². The van der Waals surface area contributed by atoms with Crippen LogP contribution in [0.2, 0.25) is 0 Å². The number of hydrogen-bond acceptors (Lipinski definition) is 15. The minimum atomic E-state index is -5.08. The number of amides is 6. The monoisotopic (exact) mass is 1060 g/mol. The van der Waals surface area contributed by atoms with E-state index in [4.69, 9.17) is 26.1 Å². The SMILES string of the molecule is CC(C)[C@H]1NC(=O)C(CCCN=C(N)N)NC(=O)CNC(=O)[C@@H](CC(=O)O)NC(=O)C(Cc2ccc(OCCCNC(=O)c3ccc(NN=Cc4ccccc4S(=O)(=O)O)nc3)cc2)NC1=O.O=C(O)C(F)(F)F. The average molecular weight is 1070 g/mol. The van der Waals surface area contributed by atoms with Crippen LogP contribution < -0.4 is 53.5 Å². The van der Waals surface area contributed by atoms with Gasteiger partial charge in [0.15, 0.2) is 5.96 Å². The van der Waals surface area contributed by atoms with Crippen molar-refractivity contribution in [2.45, 2.75) is 81.2 Å². The van der Waals surface area contributed by atoms with Crippen LogP contribution in [0, 0.1) is 5.92 Å². The maximum atomic E-state index is 13.8. The van der Waals surface area contributed by atoms with Crippen molar-refractivity contribution in [2.75, 3.05) is 31.7 Å². The number of nitrogens with two attached hydrogens (primary N) is 2. The Morgan fingerprint density at radius 1 is 0.878 bits per heavy atom. The third kappa shape index (κ3) is 21.1. The second-order valence-corrected chi connectivity index (χ2v) is 17.6. The number of pyridine rings is 1. The van der Waals surface area contributed by atoms with Crippen LogP contribution in [0.4, 0.5) is 19.0 Å². The summed E-state index contributed by atoms with van der Waals surface area (Å²) in [5.41, 5.74) is 14.3. The van der Waals surface area contributed by atoms with Crippen LogP contribution in [-0.2, 0) is 50.1 Å². The number of hydrazone groups is 1. The number of ether oxygens (including phenoxy) is 1. The van der Waals surface area contributed by atoms with Crippen molar-refractivity contribution >= 4 is 75.5 Å². The number of aliphatic carboxylic acids is 2. The van der Waals surface area contributed by atoms with Gasteiger partial charge in [-0.15, -0.1) is 0 Å². The lowest BCUT2D eigenvalue weighted by Crippen LogP contribution is -2.59. The molecule has 1 saturated heterocycles. The number of nitrogens with one attached hydrogen (secondary N) is 7. The number of aliphatic imine (C=N–C) groups is 1. The first-order valence-corrected chi connectivity index (χ1v) is 23.6. The number of carboxylic acids is 2. The number of carbonyl (C=O) groups is 8. The zero-order valence-electron chi connectivity index (χ0n) is 39.5. The van der Waals surface area contributed by atoms with Crippen molar-refractivity contribution in [3.63, 3.8) is 0 Å². The van der Waals surface area contributed by atoms with Crippen molar-refractivity contribution in [3.05, 3.63) is 83.6 Å². The van der Waals surface area contributed by atoms with Crippen molar-refractivity contribution in [1.29, 1.82) is 0 Å². The zero-order valence-corrected chi connectivity index (χ0v) is 40.4. The van der Waals surface area contributed by atoms with Crippen molar-refractivity contribution in [2.24, 2.45) is 27.5 Å². The third-order valence-electron chi connectivity index (χ3n) is 10.00. The van der Waals surface area contributed by atoms with Gasteiger partial charge in [-0.25, -0.2) is 9.78 Å². The Hall–Kier alpha value is -8.41. The highest BCUT2D eigenvalue weighted by Gasteiger charge is 2.38. The van der Waals surface area contributed by atoms with E-state index in [1.165, 1.54) is 42.7 Å². The van der Waals surface area contributed by atoms with E-state index in [-0.39, 0.29) is 66.8 Å². The predicted octanol–water partition coefficient (Wildman–Crippen LogP) is -0.598. The number of nitrogens with zero attached hydrogens (tertiary/aromatic N) is 3. The molecule has 6 amide bonds. The van der Waals surface area contributed by atoms with Gasteiger partial charge in [-0.1, -0.05) is 44.2 Å². The fourth-order valence-corrected chi connectivity index (χ4v) is 7.00. The van der Waals surface area contributed by atoms with E-state index >= 15 is 0 Å². The van der Waals surface area contributed by atoms with Gasteiger partial charge in [-0.3, -0.25) is 48.5 Å². The van der Waals surface area contributed by atoms with Gasteiger partial charge in [0, 0.05) is 31.3 Å². The first-order valence-electron chi connectivity index (χ1n) is 22.1. The molecule has 1 aromatic heterocycles. The molecule has 2 aromatic carbocycles. The molecule has 2 unspecified atom stereocenters. The molecule has 0 aliphatic carbocycles. The summed E-state index contributed by atoms with van der Waals surface area (Å²) >= 11 is 0. The largest absolute Gasteiger partial charge is 0.494 e. The van der Waals surface area contributed by atoms with E-state index in [9.17, 15) is 64.8 Å². The molecule has 0 saturated carbocycles. The molecule has 3 aromatic rings. The number of carbonyl (C=O) groups excluding carboxylic acids is 6. The summed E-state index contributed by atoms with van der Waals surface area (Å²) in [6.07, 6.45) is -2.83. The molecule has 4 atom stereocenters. The number of hydrogen-bond donors (Lipinski definition) is 12. The molecule has 0 bridgehead atoms. The van der Waals surface area contributed by atoms with Crippen molar-refractivity contribution in [1.82, 2.24) is 36.9 Å². The van der Waals surface area contributed by atoms with Gasteiger partial charge in [0.1, 0.15) is 40.6 Å². The molecule has 26 nitrogen and oxygen atoms in total. The van der Waals surface area contributed by atoms with Crippen molar-refractivity contribution in [3.8, 4) is 5.75 Å². The fourth-order valence-electron chi connectivity index (χ4n) is 6.33. The Morgan fingerprint density at radius 2 is 1.53 bits per heavy atom. The molecular formula is C44H55F3N12O14S. The smallest absolute Gasteiger partial charge is 0.490 e. The van der Waals surface area contributed by atoms with Gasteiger partial charge in [0.2, 0.25) is 29.5 Å². The molecule has 30 heteroatoms. The van der Waals surface area contributed by atoms with E-state index in [0.29, 0.717) is 17.7 Å². The summed E-state index contributed by atoms with van der Waals surface area (Å²) in [6, 6.07) is 9.85. The number of guanidine groups is 1. The zero-order chi connectivity index (χ0) is 55.2. The van der Waals surface area contributed by atoms with Gasteiger partial charge in [-0.05, 0) is 61.1 Å². The Labute approximate surface area is 420 Å². The molecule has 0 spiro atoms. The highest BCUT2D eigenvalue weighted by molar-refractivity contribution is 7.86. The standard InChI is InChI=1S/C42H54N12O12S.C2HF3O2/c1-24(2)36-41(62)52-30(40(61)51-31(20-35(56)57)38(59)48-23-34(55)50-29(39(60)53-36)8-5-16-46-42(43)44)19-25-10-13-28(14-11-25)66-18-6-17-45-37(58)27-12-15-33(47-21-27)54-49-22-26-7-3-4-9-32(26)67(63,64)65;3-2(4,5)1(6)7/h3-4,7,9-15,21-22,24,29-31,36H,5-6,8,16-20,23H2,1-2H3,(H,45,58)(H,47,54)(H,48,59)(H,50,55)(H,51,61)(H,52,62)(H,53,60)(H,56,57)(H4,43,44,46)(H,63,64,65);(H,6,7)/t29?,30?,31-,36-;/m1./s1. The molecule has 1 aliphatic rings. The van der Waals surface area contributed by atoms with Crippen LogP contribution in [0.5, 0.6) is 5.75 Å². The van der Waals surface area contributed by atoms with E-state index in [1.807, 2.05) is 0 Å². The summed E-state index contributed by atoms with van der Waals surface area (Å²) in [6.45, 7) is 3.25. The van der Waals surface area contributed by atoms with Gasteiger partial charge in [-0.2, -0.15) is 26.7 Å². The van der Waals surface area contributed by atoms with Crippen LogP contribution in [-0.4, -0.2) is 144 Å². The van der Waals surface area contributed by atoms with Gasteiger partial charge >= 0.3 is 18.1 Å². The lowest BCUT2D eigenvalue weighted by atomic mass is 9.99. The maximum absolute atomic E-state index is 13.8.